The largest absolute Gasteiger partial charge is 0.294 e. The lowest BCUT2D eigenvalue weighted by molar-refractivity contribution is 0.816. The van der Waals surface area contributed by atoms with E-state index < -0.39 is 0 Å². The van der Waals surface area contributed by atoms with Crippen LogP contribution in [0.3, 0.4) is 0 Å². The van der Waals surface area contributed by atoms with Crippen molar-refractivity contribution < 1.29 is 0 Å². The summed E-state index contributed by atoms with van der Waals surface area (Å²) in [5.41, 5.74) is 3.11. The Kier molecular flexibility index (Phi) is 2.47. The molecule has 1 aliphatic rings. The van der Waals surface area contributed by atoms with E-state index in [9.17, 15) is 4.79 Å². The number of hydrogen-bond acceptors (Lipinski definition) is 1. The smallest absolute Gasteiger partial charge is 0.285 e. The van der Waals surface area contributed by atoms with Crippen molar-refractivity contribution in [1.29, 1.82) is 0 Å². The van der Waals surface area contributed by atoms with Crippen LogP contribution >= 0.6 is 15.9 Å². The molecule has 1 N–H and O–H groups in total. The molecule has 1 aliphatic carbocycles. The Labute approximate surface area is 108 Å². The maximum absolute atomic E-state index is 12.1. The van der Waals surface area contributed by atoms with Crippen LogP contribution < -0.4 is 5.56 Å². The van der Waals surface area contributed by atoms with Gasteiger partial charge in [-0.25, -0.2) is 4.68 Å². The number of aromatic nitrogens is 2. The van der Waals surface area contributed by atoms with Crippen LogP contribution in [0.25, 0.3) is 5.69 Å². The van der Waals surface area contributed by atoms with E-state index in [1.54, 1.807) is 4.68 Å². The average Bonchev–Trinajstić information content (AvgIpc) is 3.11. The monoisotopic (exact) mass is 292 g/mol. The van der Waals surface area contributed by atoms with E-state index in [4.69, 9.17) is 0 Å². The van der Waals surface area contributed by atoms with E-state index in [1.807, 2.05) is 31.2 Å². The third kappa shape index (κ3) is 1.86. The molecule has 0 saturated heterocycles. The minimum absolute atomic E-state index is 0.00393. The Balaban J connectivity index is 2.11. The lowest BCUT2D eigenvalue weighted by Crippen LogP contribution is -2.14. The first kappa shape index (κ1) is 10.8. The molecule has 1 fully saturated rings. The van der Waals surface area contributed by atoms with Gasteiger partial charge < -0.3 is 0 Å². The maximum Gasteiger partial charge on any atom is 0.285 e. The van der Waals surface area contributed by atoms with Crippen LogP contribution in [-0.2, 0) is 0 Å². The number of hydrogen-bond donors (Lipinski definition) is 1. The molecule has 3 rings (SSSR count). The molecule has 0 amide bonds. The highest BCUT2D eigenvalue weighted by Crippen LogP contribution is 2.41. The van der Waals surface area contributed by atoms with Crippen molar-refractivity contribution in [3.8, 4) is 5.69 Å². The molecule has 1 saturated carbocycles. The molecular weight excluding hydrogens is 280 g/mol. The Morgan fingerprint density at radius 3 is 2.53 bits per heavy atom. The summed E-state index contributed by atoms with van der Waals surface area (Å²) in [7, 11) is 0. The van der Waals surface area contributed by atoms with Crippen LogP contribution in [0.4, 0.5) is 0 Å². The lowest BCUT2D eigenvalue weighted by atomic mass is 10.2. The van der Waals surface area contributed by atoms with Crippen molar-refractivity contribution in [3.63, 3.8) is 0 Å². The van der Waals surface area contributed by atoms with Crippen molar-refractivity contribution in [2.24, 2.45) is 0 Å². The van der Waals surface area contributed by atoms with Crippen LogP contribution in [0.5, 0.6) is 0 Å². The number of rotatable bonds is 2. The minimum atomic E-state index is -0.00393. The minimum Gasteiger partial charge on any atom is -0.294 e. The van der Waals surface area contributed by atoms with Crippen LogP contribution in [0.1, 0.15) is 30.0 Å². The van der Waals surface area contributed by atoms with Crippen LogP contribution in [0.2, 0.25) is 0 Å². The summed E-state index contributed by atoms with van der Waals surface area (Å²) in [6.07, 6.45) is 2.35. The Bertz CT molecular complexity index is 605. The summed E-state index contributed by atoms with van der Waals surface area (Å²) in [6.45, 7) is 2.03. The van der Waals surface area contributed by atoms with E-state index in [1.165, 1.54) is 18.4 Å². The van der Waals surface area contributed by atoms with E-state index in [2.05, 4.69) is 21.0 Å². The number of aromatic amines is 1. The highest BCUT2D eigenvalue weighted by Gasteiger charge is 2.29. The van der Waals surface area contributed by atoms with Gasteiger partial charge in [0.15, 0.2) is 0 Å². The van der Waals surface area contributed by atoms with Gasteiger partial charge in [0.2, 0.25) is 0 Å². The van der Waals surface area contributed by atoms with Gasteiger partial charge >= 0.3 is 0 Å². The van der Waals surface area contributed by atoms with Gasteiger partial charge in [-0.3, -0.25) is 9.89 Å². The molecule has 0 radical (unpaired) electrons. The molecule has 1 heterocycles. The van der Waals surface area contributed by atoms with Gasteiger partial charge in [-0.15, -0.1) is 0 Å². The highest BCUT2D eigenvalue weighted by atomic mass is 79.9. The first-order chi connectivity index (χ1) is 8.16. The van der Waals surface area contributed by atoms with Gasteiger partial charge in [-0.05, 0) is 47.8 Å². The topological polar surface area (TPSA) is 37.8 Å². The molecular formula is C13H13BrN2O. The van der Waals surface area contributed by atoms with Gasteiger partial charge in [-0.2, -0.15) is 0 Å². The van der Waals surface area contributed by atoms with Crippen LogP contribution in [0.15, 0.2) is 33.5 Å². The summed E-state index contributed by atoms with van der Waals surface area (Å²) in [5.74, 6) is 0.531. The van der Waals surface area contributed by atoms with E-state index >= 15 is 0 Å². The number of benzene rings is 1. The lowest BCUT2D eigenvalue weighted by Gasteiger charge is -2.01. The fourth-order valence-electron chi connectivity index (χ4n) is 1.95. The van der Waals surface area contributed by atoms with Crippen molar-refractivity contribution >= 4 is 15.9 Å². The van der Waals surface area contributed by atoms with Gasteiger partial charge in [0.05, 0.1) is 11.4 Å². The van der Waals surface area contributed by atoms with Gasteiger partial charge in [0, 0.05) is 5.92 Å². The number of nitrogens with zero attached hydrogens (tertiary/aromatic N) is 1. The second-order valence-corrected chi connectivity index (χ2v) is 5.38. The number of H-pyrrole nitrogens is 1. The molecule has 1 aromatic carbocycles. The summed E-state index contributed by atoms with van der Waals surface area (Å²) in [6, 6.07) is 7.92. The molecule has 88 valence electrons. The maximum atomic E-state index is 12.1. The van der Waals surface area contributed by atoms with Crippen LogP contribution in [-0.4, -0.2) is 9.78 Å². The molecule has 0 spiro atoms. The van der Waals surface area contributed by atoms with Crippen molar-refractivity contribution in [2.45, 2.75) is 25.7 Å². The number of halogens is 1. The quantitative estimate of drug-likeness (QED) is 0.907. The Hall–Kier alpha value is -1.29. The summed E-state index contributed by atoms with van der Waals surface area (Å²) in [5, 5.41) is 3.20. The summed E-state index contributed by atoms with van der Waals surface area (Å²) < 4.78 is 2.29. The molecule has 4 heteroatoms. The van der Waals surface area contributed by atoms with Crippen LogP contribution in [0, 0.1) is 6.92 Å². The first-order valence-corrected chi connectivity index (χ1v) is 6.53. The predicted molar refractivity (Wildman–Crippen MR) is 70.8 cm³/mol. The molecule has 17 heavy (non-hydrogen) atoms. The fourth-order valence-corrected chi connectivity index (χ4v) is 2.54. The predicted octanol–water partition coefficient (Wildman–Crippen LogP) is 3.11. The standard InChI is InChI=1S/C13H13BrN2O/c1-8-2-6-10(7-3-8)16-13(17)11(14)12(15-16)9-4-5-9/h2-3,6-7,9,15H,4-5H2,1H3. The second kappa shape index (κ2) is 3.88. The third-order valence-electron chi connectivity index (χ3n) is 3.14. The molecule has 2 aromatic rings. The zero-order chi connectivity index (χ0) is 12.0. The summed E-state index contributed by atoms with van der Waals surface area (Å²) >= 11 is 3.39. The molecule has 3 nitrogen and oxygen atoms in total. The molecule has 1 aromatic heterocycles. The van der Waals surface area contributed by atoms with Gasteiger partial charge in [0.1, 0.15) is 4.47 Å². The molecule has 0 unspecified atom stereocenters. The fraction of sp³-hybridized carbons (Fsp3) is 0.308. The normalized spacial score (nSPS) is 15.2. The summed E-state index contributed by atoms with van der Waals surface area (Å²) in [4.78, 5) is 12.1. The Morgan fingerprint density at radius 2 is 1.94 bits per heavy atom. The molecule has 0 atom stereocenters. The zero-order valence-corrected chi connectivity index (χ0v) is 11.1. The second-order valence-electron chi connectivity index (χ2n) is 4.59. The number of nitrogens with one attached hydrogen (secondary N) is 1. The molecule has 0 aliphatic heterocycles. The zero-order valence-electron chi connectivity index (χ0n) is 9.53. The van der Waals surface area contributed by atoms with Crippen molar-refractivity contribution in [2.75, 3.05) is 0 Å². The van der Waals surface area contributed by atoms with E-state index in [0.717, 1.165) is 11.4 Å². The molecule has 0 bridgehead atoms. The Morgan fingerprint density at radius 1 is 1.29 bits per heavy atom. The van der Waals surface area contributed by atoms with Crippen molar-refractivity contribution in [3.05, 3.63) is 50.3 Å². The van der Waals surface area contributed by atoms with E-state index in [0.29, 0.717) is 10.4 Å². The van der Waals surface area contributed by atoms with Gasteiger partial charge in [0.25, 0.3) is 5.56 Å². The van der Waals surface area contributed by atoms with E-state index in [-0.39, 0.29) is 5.56 Å². The average molecular weight is 293 g/mol. The van der Waals surface area contributed by atoms with Crippen molar-refractivity contribution in [1.82, 2.24) is 9.78 Å². The SMILES string of the molecule is Cc1ccc(-n2[nH]c(C3CC3)c(Br)c2=O)cc1. The highest BCUT2D eigenvalue weighted by molar-refractivity contribution is 9.10. The first-order valence-electron chi connectivity index (χ1n) is 5.74. The third-order valence-corrected chi connectivity index (χ3v) is 3.90. The van der Waals surface area contributed by atoms with Gasteiger partial charge in [-0.1, -0.05) is 17.7 Å². The number of aryl methyl sites for hydroxylation is 1.